The lowest BCUT2D eigenvalue weighted by Gasteiger charge is -2.37. The van der Waals surface area contributed by atoms with E-state index < -0.39 is 22.2 Å². The van der Waals surface area contributed by atoms with Crippen molar-refractivity contribution >= 4 is 16.7 Å². The number of aromatic nitrogens is 2. The number of carbonyl (C=O) groups is 1. The van der Waals surface area contributed by atoms with Crippen LogP contribution in [0.25, 0.3) is 11.3 Å². The average Bonchev–Trinajstić information content (AvgIpc) is 3.11. The Kier molecular flexibility index (Phi) is 5.58. The van der Waals surface area contributed by atoms with Crippen LogP contribution in [0.5, 0.6) is 0 Å². The topological polar surface area (TPSA) is 86.3 Å². The fourth-order valence-corrected chi connectivity index (χ4v) is 3.65. The molecule has 0 aliphatic carbocycles. The first-order chi connectivity index (χ1) is 12.4. The third kappa shape index (κ3) is 3.88. The number of aliphatic hydroxyl groups excluding tert-OH is 1. The lowest BCUT2D eigenvalue weighted by molar-refractivity contribution is -0.136. The number of piperidine rings is 1. The largest absolute Gasteiger partial charge is 0.393 e. The van der Waals surface area contributed by atoms with Crippen LogP contribution >= 0.6 is 0 Å². The Hall–Kier alpha value is -1.99. The summed E-state index contributed by atoms with van der Waals surface area (Å²) in [6.07, 6.45) is 3.77. The number of aromatic amines is 1. The molecule has 1 aliphatic heterocycles. The van der Waals surface area contributed by atoms with E-state index in [1.165, 1.54) is 5.56 Å². The summed E-state index contributed by atoms with van der Waals surface area (Å²) in [5.41, 5.74) is 3.08. The van der Waals surface area contributed by atoms with Gasteiger partial charge in [-0.2, -0.15) is 0 Å². The van der Waals surface area contributed by atoms with Crippen LogP contribution < -0.4 is 0 Å². The number of likely N-dealkylation sites (tertiary alicyclic amines) is 1. The highest BCUT2D eigenvalue weighted by Gasteiger charge is 2.36. The van der Waals surface area contributed by atoms with E-state index in [2.05, 4.69) is 9.97 Å². The molecule has 1 aromatic carbocycles. The number of aryl methyl sites for hydroxylation is 1. The van der Waals surface area contributed by atoms with Gasteiger partial charge in [-0.15, -0.1) is 0 Å². The van der Waals surface area contributed by atoms with Gasteiger partial charge in [0.1, 0.15) is 11.1 Å². The molecule has 2 aromatic rings. The van der Waals surface area contributed by atoms with E-state index in [0.717, 1.165) is 11.3 Å². The summed E-state index contributed by atoms with van der Waals surface area (Å²) in [6.45, 7) is 4.15. The molecule has 3 rings (SSSR count). The number of hydrogen-bond acceptors (Lipinski definition) is 4. The van der Waals surface area contributed by atoms with Crippen LogP contribution in [0, 0.1) is 6.92 Å². The van der Waals surface area contributed by atoms with Gasteiger partial charge in [0.05, 0.1) is 24.0 Å². The molecule has 7 heteroatoms. The highest BCUT2D eigenvalue weighted by molar-refractivity contribution is 7.85. The number of imidazole rings is 1. The van der Waals surface area contributed by atoms with Crippen LogP contribution in [-0.4, -0.2) is 54.2 Å². The Bertz CT molecular complexity index is 803. The molecule has 1 fully saturated rings. The molecule has 0 bridgehead atoms. The molecular weight excluding hydrogens is 350 g/mol. The number of H-pyrrole nitrogens is 1. The highest BCUT2D eigenvalue weighted by Crippen LogP contribution is 2.31. The second-order valence-corrected chi connectivity index (χ2v) is 8.62. The molecule has 2 N–H and O–H groups in total. The van der Waals surface area contributed by atoms with E-state index in [9.17, 15) is 14.1 Å². The van der Waals surface area contributed by atoms with Crippen molar-refractivity contribution in [3.05, 3.63) is 41.9 Å². The first kappa shape index (κ1) is 18.8. The Morgan fingerprint density at radius 3 is 2.73 bits per heavy atom. The van der Waals surface area contributed by atoms with Gasteiger partial charge in [0.15, 0.2) is 0 Å². The lowest BCUT2D eigenvalue weighted by atomic mass is 9.98. The fraction of sp³-hybridized carbons (Fsp3) is 0.474. The SMILES string of the molecule is Cc1ccc(-c2cnc(C3CC(O)CCN3C(=O)C(C)S(C)=O)[nH]2)cc1. The maximum absolute atomic E-state index is 12.8. The quantitative estimate of drug-likeness (QED) is 0.858. The molecule has 4 atom stereocenters. The average molecular weight is 375 g/mol. The summed E-state index contributed by atoms with van der Waals surface area (Å²) >= 11 is 0. The normalized spacial score (nSPS) is 22.8. The van der Waals surface area contributed by atoms with Crippen molar-refractivity contribution in [3.63, 3.8) is 0 Å². The van der Waals surface area contributed by atoms with Gasteiger partial charge in [0.2, 0.25) is 5.91 Å². The lowest BCUT2D eigenvalue weighted by Crippen LogP contribution is -2.47. The fourth-order valence-electron chi connectivity index (χ4n) is 3.23. The van der Waals surface area contributed by atoms with Gasteiger partial charge in [-0.05, 0) is 25.8 Å². The van der Waals surface area contributed by atoms with Gasteiger partial charge in [-0.25, -0.2) is 4.98 Å². The van der Waals surface area contributed by atoms with E-state index in [1.807, 2.05) is 31.2 Å². The Balaban J connectivity index is 1.88. The van der Waals surface area contributed by atoms with Gasteiger partial charge >= 0.3 is 0 Å². The molecule has 0 radical (unpaired) electrons. The van der Waals surface area contributed by atoms with Crippen molar-refractivity contribution in [2.24, 2.45) is 0 Å². The summed E-state index contributed by atoms with van der Waals surface area (Å²) in [6, 6.07) is 7.78. The molecule has 1 aliphatic rings. The van der Waals surface area contributed by atoms with Gasteiger partial charge in [0, 0.05) is 30.0 Å². The predicted octanol–water partition coefficient (Wildman–Crippen LogP) is 2.18. The first-order valence-electron chi connectivity index (χ1n) is 8.79. The van der Waals surface area contributed by atoms with Crippen molar-refractivity contribution in [2.75, 3.05) is 12.8 Å². The molecular formula is C19H25N3O3S. The van der Waals surface area contributed by atoms with Crippen molar-refractivity contribution in [2.45, 2.75) is 44.1 Å². The minimum atomic E-state index is -1.23. The first-order valence-corrected chi connectivity index (χ1v) is 10.4. The van der Waals surface area contributed by atoms with Gasteiger partial charge in [-0.1, -0.05) is 29.8 Å². The highest BCUT2D eigenvalue weighted by atomic mass is 32.2. The minimum absolute atomic E-state index is 0.156. The molecule has 0 spiro atoms. The Morgan fingerprint density at radius 1 is 1.38 bits per heavy atom. The second-order valence-electron chi connectivity index (χ2n) is 6.91. The van der Waals surface area contributed by atoms with Crippen molar-refractivity contribution in [1.82, 2.24) is 14.9 Å². The molecule has 6 nitrogen and oxygen atoms in total. The molecule has 1 saturated heterocycles. The third-order valence-corrected chi connectivity index (χ3v) is 6.17. The minimum Gasteiger partial charge on any atom is -0.393 e. The molecule has 4 unspecified atom stereocenters. The standard InChI is InChI=1S/C19H25N3O3S/c1-12-4-6-14(7-5-12)16-11-20-18(21-16)17-10-15(23)8-9-22(17)19(24)13(2)26(3)25/h4-7,11,13,15,17,23H,8-10H2,1-3H3,(H,20,21). The van der Waals surface area contributed by atoms with E-state index in [-0.39, 0.29) is 11.9 Å². The summed E-state index contributed by atoms with van der Waals surface area (Å²) in [5.74, 6) is 0.498. The Labute approximate surface area is 156 Å². The van der Waals surface area contributed by atoms with Gasteiger partial charge in [-0.3, -0.25) is 9.00 Å². The monoisotopic (exact) mass is 375 g/mol. The third-order valence-electron chi connectivity index (χ3n) is 4.98. The molecule has 2 heterocycles. The summed E-state index contributed by atoms with van der Waals surface area (Å²) in [5, 5.41) is 9.53. The molecule has 140 valence electrons. The van der Waals surface area contributed by atoms with Crippen molar-refractivity contribution in [1.29, 1.82) is 0 Å². The smallest absolute Gasteiger partial charge is 0.238 e. The zero-order valence-electron chi connectivity index (χ0n) is 15.3. The van der Waals surface area contributed by atoms with Crippen LogP contribution in [0.15, 0.2) is 30.5 Å². The number of rotatable bonds is 4. The van der Waals surface area contributed by atoms with Crippen LogP contribution in [0.3, 0.4) is 0 Å². The zero-order valence-corrected chi connectivity index (χ0v) is 16.1. The maximum atomic E-state index is 12.8. The van der Waals surface area contributed by atoms with E-state index >= 15 is 0 Å². The van der Waals surface area contributed by atoms with Crippen molar-refractivity contribution < 1.29 is 14.1 Å². The van der Waals surface area contributed by atoms with Crippen LogP contribution in [0.4, 0.5) is 0 Å². The number of hydrogen-bond donors (Lipinski definition) is 2. The number of nitrogens with zero attached hydrogens (tertiary/aromatic N) is 2. The number of carbonyl (C=O) groups excluding carboxylic acids is 1. The zero-order chi connectivity index (χ0) is 18.8. The molecule has 0 saturated carbocycles. The predicted molar refractivity (Wildman–Crippen MR) is 102 cm³/mol. The van der Waals surface area contributed by atoms with Crippen LogP contribution in [0.1, 0.15) is 37.2 Å². The van der Waals surface area contributed by atoms with E-state index in [0.29, 0.717) is 25.2 Å². The van der Waals surface area contributed by atoms with Gasteiger partial charge < -0.3 is 15.0 Å². The van der Waals surface area contributed by atoms with Crippen LogP contribution in [-0.2, 0) is 15.6 Å². The Morgan fingerprint density at radius 2 is 2.08 bits per heavy atom. The molecule has 1 amide bonds. The molecule has 26 heavy (non-hydrogen) atoms. The van der Waals surface area contributed by atoms with Crippen LogP contribution in [0.2, 0.25) is 0 Å². The summed E-state index contributed by atoms with van der Waals surface area (Å²) in [7, 11) is -1.23. The number of nitrogens with one attached hydrogen (secondary N) is 1. The summed E-state index contributed by atoms with van der Waals surface area (Å²) < 4.78 is 11.7. The van der Waals surface area contributed by atoms with Crippen molar-refractivity contribution in [3.8, 4) is 11.3 Å². The second kappa shape index (κ2) is 7.72. The van der Waals surface area contributed by atoms with E-state index in [1.54, 1.807) is 24.3 Å². The maximum Gasteiger partial charge on any atom is 0.238 e. The number of amides is 1. The summed E-state index contributed by atoms with van der Waals surface area (Å²) in [4.78, 5) is 22.2. The van der Waals surface area contributed by atoms with Gasteiger partial charge in [0.25, 0.3) is 0 Å². The number of aliphatic hydroxyl groups is 1. The van der Waals surface area contributed by atoms with E-state index in [4.69, 9.17) is 0 Å². The molecule has 1 aromatic heterocycles. The number of benzene rings is 1.